The molecule has 2 N–H and O–H groups in total. The third-order valence-electron chi connectivity index (χ3n) is 3.39. The van der Waals surface area contributed by atoms with Gasteiger partial charge in [0, 0.05) is 18.7 Å². The first-order chi connectivity index (χ1) is 10.2. The van der Waals surface area contributed by atoms with Gasteiger partial charge in [-0.15, -0.1) is 0 Å². The quantitative estimate of drug-likeness (QED) is 0.894. The van der Waals surface area contributed by atoms with Crippen molar-refractivity contribution in [2.24, 2.45) is 0 Å². The lowest BCUT2D eigenvalue weighted by Gasteiger charge is -2.10. The maximum Gasteiger partial charge on any atom is 0.274 e. The van der Waals surface area contributed by atoms with Gasteiger partial charge < -0.3 is 10.1 Å². The van der Waals surface area contributed by atoms with E-state index in [1.54, 1.807) is 12.1 Å². The minimum absolute atomic E-state index is 0.0649. The number of carbonyl (C=O) groups is 1. The molecule has 1 atom stereocenters. The summed E-state index contributed by atoms with van der Waals surface area (Å²) >= 11 is 0. The smallest absolute Gasteiger partial charge is 0.274 e. The molecule has 1 aliphatic rings. The largest absolute Gasteiger partial charge is 0.376 e. The molecule has 21 heavy (non-hydrogen) atoms. The Balaban J connectivity index is 1.72. The van der Waals surface area contributed by atoms with E-state index in [4.69, 9.17) is 4.74 Å². The van der Waals surface area contributed by atoms with Crippen LogP contribution in [0.2, 0.25) is 0 Å². The SMILES string of the molecule is O=C(NCC1CCCO1)c1n[nH]nc1-c1ccc(F)cc1. The second-order valence-corrected chi connectivity index (χ2v) is 4.87. The first-order valence-electron chi connectivity index (χ1n) is 6.80. The van der Waals surface area contributed by atoms with Crippen molar-refractivity contribution in [3.8, 4) is 11.3 Å². The average Bonchev–Trinajstić information content (AvgIpc) is 3.17. The third-order valence-corrected chi connectivity index (χ3v) is 3.39. The summed E-state index contributed by atoms with van der Waals surface area (Å²) in [4.78, 5) is 12.2. The molecule has 1 aromatic carbocycles. The maximum atomic E-state index is 12.9. The summed E-state index contributed by atoms with van der Waals surface area (Å²) in [5.41, 5.74) is 1.23. The number of hydrogen-bond acceptors (Lipinski definition) is 4. The van der Waals surface area contributed by atoms with Gasteiger partial charge in [0.25, 0.3) is 5.91 Å². The van der Waals surface area contributed by atoms with Crippen LogP contribution in [0.15, 0.2) is 24.3 Å². The van der Waals surface area contributed by atoms with Gasteiger partial charge in [0.05, 0.1) is 6.10 Å². The van der Waals surface area contributed by atoms with Gasteiger partial charge in [-0.1, -0.05) is 0 Å². The molecule has 1 fully saturated rings. The summed E-state index contributed by atoms with van der Waals surface area (Å²) in [6, 6.07) is 5.75. The number of carbonyl (C=O) groups excluding carboxylic acids is 1. The van der Waals surface area contributed by atoms with Crippen LogP contribution in [0.5, 0.6) is 0 Å². The van der Waals surface area contributed by atoms with Gasteiger partial charge in [0.15, 0.2) is 5.69 Å². The van der Waals surface area contributed by atoms with Crippen LogP contribution >= 0.6 is 0 Å². The van der Waals surface area contributed by atoms with Crippen molar-refractivity contribution in [3.05, 3.63) is 35.8 Å². The molecule has 0 bridgehead atoms. The van der Waals surface area contributed by atoms with Gasteiger partial charge in [-0.3, -0.25) is 4.79 Å². The lowest BCUT2D eigenvalue weighted by atomic mass is 10.1. The molecule has 110 valence electrons. The van der Waals surface area contributed by atoms with Crippen LogP contribution in [0.4, 0.5) is 4.39 Å². The molecule has 1 saturated heterocycles. The Morgan fingerprint density at radius 3 is 2.90 bits per heavy atom. The zero-order valence-corrected chi connectivity index (χ0v) is 11.3. The number of aromatic nitrogens is 3. The highest BCUT2D eigenvalue weighted by atomic mass is 19.1. The number of rotatable bonds is 4. The van der Waals surface area contributed by atoms with Crippen molar-refractivity contribution >= 4 is 5.91 Å². The van der Waals surface area contributed by atoms with Crippen LogP contribution in [0.25, 0.3) is 11.3 Å². The highest BCUT2D eigenvalue weighted by molar-refractivity contribution is 5.97. The number of nitrogens with zero attached hydrogens (tertiary/aromatic N) is 2. The van der Waals surface area contributed by atoms with Crippen LogP contribution in [0.3, 0.4) is 0 Å². The second-order valence-electron chi connectivity index (χ2n) is 4.87. The molecule has 7 heteroatoms. The zero-order chi connectivity index (χ0) is 14.7. The fraction of sp³-hybridized carbons (Fsp3) is 0.357. The van der Waals surface area contributed by atoms with Gasteiger partial charge >= 0.3 is 0 Å². The number of hydrogen-bond donors (Lipinski definition) is 2. The first-order valence-corrected chi connectivity index (χ1v) is 6.80. The summed E-state index contributed by atoms with van der Waals surface area (Å²) in [7, 11) is 0. The van der Waals surface area contributed by atoms with E-state index in [2.05, 4.69) is 20.7 Å². The molecule has 0 radical (unpaired) electrons. The molecule has 1 unspecified atom stereocenters. The first kappa shape index (κ1) is 13.7. The lowest BCUT2D eigenvalue weighted by Crippen LogP contribution is -2.32. The fourth-order valence-electron chi connectivity index (χ4n) is 2.29. The maximum absolute atomic E-state index is 12.9. The molecular formula is C14H15FN4O2. The highest BCUT2D eigenvalue weighted by Crippen LogP contribution is 2.20. The van der Waals surface area contributed by atoms with Gasteiger partial charge in [0.1, 0.15) is 11.5 Å². The van der Waals surface area contributed by atoms with Crippen LogP contribution in [0.1, 0.15) is 23.3 Å². The number of aromatic amines is 1. The molecule has 0 spiro atoms. The van der Waals surface area contributed by atoms with Crippen LogP contribution < -0.4 is 5.32 Å². The van der Waals surface area contributed by atoms with E-state index in [0.29, 0.717) is 17.8 Å². The van der Waals surface area contributed by atoms with Gasteiger partial charge in [0.2, 0.25) is 0 Å². The van der Waals surface area contributed by atoms with Crippen molar-refractivity contribution < 1.29 is 13.9 Å². The molecule has 1 amide bonds. The Hall–Kier alpha value is -2.28. The van der Waals surface area contributed by atoms with Crippen LogP contribution in [-0.4, -0.2) is 40.6 Å². The standard InChI is InChI=1S/C14H15FN4O2/c15-10-5-3-9(4-6-10)12-13(18-19-17-12)14(20)16-8-11-2-1-7-21-11/h3-6,11H,1-2,7-8H2,(H,16,20)(H,17,18,19). The van der Waals surface area contributed by atoms with E-state index in [1.165, 1.54) is 12.1 Å². The van der Waals surface area contributed by atoms with Crippen molar-refractivity contribution in [1.82, 2.24) is 20.7 Å². The Kier molecular flexibility index (Phi) is 3.92. The van der Waals surface area contributed by atoms with Crippen molar-refractivity contribution in [1.29, 1.82) is 0 Å². The molecule has 2 heterocycles. The van der Waals surface area contributed by atoms with E-state index in [-0.39, 0.29) is 23.5 Å². The monoisotopic (exact) mass is 290 g/mol. The summed E-state index contributed by atoms with van der Waals surface area (Å²) in [5.74, 6) is -0.662. The number of amides is 1. The predicted molar refractivity (Wildman–Crippen MR) is 73.1 cm³/mol. The molecule has 0 saturated carbocycles. The summed E-state index contributed by atoms with van der Waals surface area (Å²) in [5, 5.41) is 13.1. The molecule has 0 aliphatic carbocycles. The highest BCUT2D eigenvalue weighted by Gasteiger charge is 2.21. The van der Waals surface area contributed by atoms with Crippen molar-refractivity contribution in [2.75, 3.05) is 13.2 Å². The van der Waals surface area contributed by atoms with Gasteiger partial charge in [-0.25, -0.2) is 4.39 Å². The number of H-pyrrole nitrogens is 1. The molecule has 1 aromatic heterocycles. The lowest BCUT2D eigenvalue weighted by molar-refractivity contribution is 0.0854. The Morgan fingerprint density at radius 2 is 2.19 bits per heavy atom. The van der Waals surface area contributed by atoms with E-state index >= 15 is 0 Å². The van der Waals surface area contributed by atoms with E-state index in [1.807, 2.05) is 0 Å². The fourth-order valence-corrected chi connectivity index (χ4v) is 2.29. The molecule has 1 aliphatic heterocycles. The van der Waals surface area contributed by atoms with E-state index < -0.39 is 0 Å². The normalized spacial score (nSPS) is 17.9. The van der Waals surface area contributed by atoms with Gasteiger partial charge in [-0.05, 0) is 37.1 Å². The molecular weight excluding hydrogens is 275 g/mol. The van der Waals surface area contributed by atoms with E-state index in [0.717, 1.165) is 19.4 Å². The summed E-state index contributed by atoms with van der Waals surface area (Å²) in [6.45, 7) is 1.19. The number of benzene rings is 1. The predicted octanol–water partition coefficient (Wildman–Crippen LogP) is 1.52. The number of halogens is 1. The molecule has 6 nitrogen and oxygen atoms in total. The topological polar surface area (TPSA) is 79.9 Å². The van der Waals surface area contributed by atoms with Crippen molar-refractivity contribution in [3.63, 3.8) is 0 Å². The average molecular weight is 290 g/mol. The minimum atomic E-state index is -0.341. The Bertz CT molecular complexity index is 620. The minimum Gasteiger partial charge on any atom is -0.376 e. The second kappa shape index (κ2) is 6.01. The van der Waals surface area contributed by atoms with Crippen LogP contribution in [0, 0.1) is 5.82 Å². The van der Waals surface area contributed by atoms with E-state index in [9.17, 15) is 9.18 Å². The Labute approximate surface area is 120 Å². The number of nitrogens with one attached hydrogen (secondary N) is 2. The third kappa shape index (κ3) is 3.08. The van der Waals surface area contributed by atoms with Gasteiger partial charge in [-0.2, -0.15) is 15.4 Å². The molecule has 3 rings (SSSR count). The molecule has 2 aromatic rings. The summed E-state index contributed by atoms with van der Waals surface area (Å²) in [6.07, 6.45) is 2.03. The summed E-state index contributed by atoms with van der Waals surface area (Å²) < 4.78 is 18.4. The zero-order valence-electron chi connectivity index (χ0n) is 11.3. The van der Waals surface area contributed by atoms with Crippen LogP contribution in [-0.2, 0) is 4.74 Å². The van der Waals surface area contributed by atoms with Crippen molar-refractivity contribution in [2.45, 2.75) is 18.9 Å². The Morgan fingerprint density at radius 1 is 1.38 bits per heavy atom. The number of ether oxygens (including phenoxy) is 1.